The van der Waals surface area contributed by atoms with Gasteiger partial charge in [-0.1, -0.05) is 0 Å². The SMILES string of the molecule is CO[C@@H]1O[C@H](COS(=O)(=O)O)[C@@H](OS(=O)(=O)O)[C@H](OS(=O)(=O)O)[C@H]1N. The summed E-state index contributed by atoms with van der Waals surface area (Å²) in [5, 5.41) is 0. The molecule has 0 saturated carbocycles. The monoisotopic (exact) mass is 433 g/mol. The molecule has 0 amide bonds. The molecule has 1 aliphatic rings. The highest BCUT2D eigenvalue weighted by Gasteiger charge is 2.50. The van der Waals surface area contributed by atoms with Crippen LogP contribution in [-0.2, 0) is 53.2 Å². The van der Waals surface area contributed by atoms with Gasteiger partial charge in [0, 0.05) is 7.11 Å². The Hall–Kier alpha value is -0.510. The lowest BCUT2D eigenvalue weighted by Gasteiger charge is -2.42. The van der Waals surface area contributed by atoms with E-state index in [4.69, 9.17) is 28.9 Å². The van der Waals surface area contributed by atoms with Gasteiger partial charge in [-0.3, -0.25) is 13.7 Å². The number of rotatable bonds is 8. The number of methoxy groups -OCH3 is 1. The predicted molar refractivity (Wildman–Crippen MR) is 74.0 cm³/mol. The largest absolute Gasteiger partial charge is 0.397 e. The zero-order valence-electron chi connectivity index (χ0n) is 12.2. The van der Waals surface area contributed by atoms with Gasteiger partial charge in [0.2, 0.25) is 0 Å². The molecule has 25 heavy (non-hydrogen) atoms. The maximum absolute atomic E-state index is 10.9. The first kappa shape index (κ1) is 22.5. The Morgan fingerprint density at radius 2 is 1.40 bits per heavy atom. The normalized spacial score (nSPS) is 31.8. The summed E-state index contributed by atoms with van der Waals surface area (Å²) in [6.07, 6.45) is -7.42. The lowest BCUT2D eigenvalue weighted by atomic mass is 9.98. The highest BCUT2D eigenvalue weighted by atomic mass is 32.3. The molecule has 0 bridgehead atoms. The first-order valence-electron chi connectivity index (χ1n) is 6.00. The highest BCUT2D eigenvalue weighted by molar-refractivity contribution is 7.81. The van der Waals surface area contributed by atoms with Gasteiger partial charge in [0.1, 0.15) is 18.3 Å². The third kappa shape index (κ3) is 7.72. The fraction of sp³-hybridized carbons (Fsp3) is 1.00. The summed E-state index contributed by atoms with van der Waals surface area (Å²) in [7, 11) is -14.4. The molecule has 0 spiro atoms. The molecular weight excluding hydrogens is 418 g/mol. The van der Waals surface area contributed by atoms with E-state index in [9.17, 15) is 25.3 Å². The molecule has 18 heteroatoms. The zero-order chi connectivity index (χ0) is 19.6. The Morgan fingerprint density at radius 3 is 1.80 bits per heavy atom. The van der Waals surface area contributed by atoms with Crippen LogP contribution in [0.4, 0.5) is 0 Å². The number of hydrogen-bond donors (Lipinski definition) is 4. The van der Waals surface area contributed by atoms with Gasteiger partial charge in [0.05, 0.1) is 12.6 Å². The Balaban J connectivity index is 3.24. The summed E-state index contributed by atoms with van der Waals surface area (Å²) in [6.45, 7) is -1.11. The fourth-order valence-corrected chi connectivity index (χ4v) is 3.28. The van der Waals surface area contributed by atoms with Gasteiger partial charge in [-0.05, 0) is 0 Å². The van der Waals surface area contributed by atoms with E-state index < -0.39 is 68.4 Å². The maximum atomic E-state index is 10.9. The van der Waals surface area contributed by atoms with Crippen molar-refractivity contribution in [2.45, 2.75) is 30.6 Å². The van der Waals surface area contributed by atoms with E-state index in [1.165, 1.54) is 0 Å². The van der Waals surface area contributed by atoms with E-state index in [1.807, 2.05) is 0 Å². The van der Waals surface area contributed by atoms with Gasteiger partial charge >= 0.3 is 31.2 Å². The molecule has 1 aliphatic heterocycles. The molecular formula is C7H15NO14S3. The second kappa shape index (κ2) is 8.02. The van der Waals surface area contributed by atoms with Crippen molar-refractivity contribution in [1.82, 2.24) is 0 Å². The summed E-state index contributed by atoms with van der Waals surface area (Å²) in [5.74, 6) is 0. The molecule has 0 unspecified atom stereocenters. The minimum Gasteiger partial charge on any atom is -0.354 e. The molecule has 1 fully saturated rings. The van der Waals surface area contributed by atoms with Crippen LogP contribution in [0.5, 0.6) is 0 Å². The third-order valence-electron chi connectivity index (χ3n) is 2.77. The van der Waals surface area contributed by atoms with E-state index in [0.29, 0.717) is 0 Å². The molecule has 0 aromatic heterocycles. The van der Waals surface area contributed by atoms with Crippen molar-refractivity contribution in [3.05, 3.63) is 0 Å². The summed E-state index contributed by atoms with van der Waals surface area (Å²) in [6, 6.07) is -1.58. The molecule has 0 aromatic carbocycles. The Bertz CT molecular complexity index is 758. The van der Waals surface area contributed by atoms with Crippen molar-refractivity contribution in [2.24, 2.45) is 5.73 Å². The molecule has 150 valence electrons. The zero-order valence-corrected chi connectivity index (χ0v) is 14.7. The lowest BCUT2D eigenvalue weighted by Crippen LogP contribution is -2.64. The molecule has 5 atom stereocenters. The fourth-order valence-electron chi connectivity index (χ4n) is 1.94. The van der Waals surface area contributed by atoms with E-state index in [1.54, 1.807) is 0 Å². The van der Waals surface area contributed by atoms with Crippen molar-refractivity contribution in [1.29, 1.82) is 0 Å². The van der Waals surface area contributed by atoms with Gasteiger partial charge in [-0.2, -0.15) is 25.3 Å². The molecule has 1 rings (SSSR count). The molecule has 0 radical (unpaired) electrons. The quantitative estimate of drug-likeness (QED) is 0.277. The van der Waals surface area contributed by atoms with Crippen LogP contribution in [0.25, 0.3) is 0 Å². The lowest BCUT2D eigenvalue weighted by molar-refractivity contribution is -0.247. The van der Waals surface area contributed by atoms with Crippen LogP contribution >= 0.6 is 0 Å². The highest BCUT2D eigenvalue weighted by Crippen LogP contribution is 2.27. The molecule has 0 aromatic rings. The van der Waals surface area contributed by atoms with E-state index in [-0.39, 0.29) is 0 Å². The van der Waals surface area contributed by atoms with Gasteiger partial charge in [0.15, 0.2) is 6.29 Å². The van der Waals surface area contributed by atoms with Gasteiger partial charge < -0.3 is 15.2 Å². The summed E-state index contributed by atoms with van der Waals surface area (Å²) in [5.41, 5.74) is 5.58. The number of nitrogens with two attached hydrogens (primary N) is 1. The Labute approximate surface area is 142 Å². The van der Waals surface area contributed by atoms with Crippen LogP contribution in [0.2, 0.25) is 0 Å². The van der Waals surface area contributed by atoms with Crippen molar-refractivity contribution >= 4 is 31.2 Å². The molecule has 1 heterocycles. The second-order valence-electron chi connectivity index (χ2n) is 4.55. The second-order valence-corrected chi connectivity index (χ2v) is 7.73. The van der Waals surface area contributed by atoms with Crippen LogP contribution in [-0.4, -0.2) is 83.3 Å². The van der Waals surface area contributed by atoms with E-state index in [2.05, 4.69) is 12.5 Å². The molecule has 0 aliphatic carbocycles. The molecule has 1 saturated heterocycles. The van der Waals surface area contributed by atoms with Crippen molar-refractivity contribution in [2.75, 3.05) is 13.7 Å². The van der Waals surface area contributed by atoms with Crippen LogP contribution in [0.3, 0.4) is 0 Å². The average Bonchev–Trinajstić information content (AvgIpc) is 2.38. The first-order valence-corrected chi connectivity index (χ1v) is 10.1. The predicted octanol–water partition coefficient (Wildman–Crippen LogP) is -3.12. The third-order valence-corrected chi connectivity index (χ3v) is 4.14. The molecule has 5 N–H and O–H groups in total. The minimum atomic E-state index is -5.25. The summed E-state index contributed by atoms with van der Waals surface area (Å²) in [4.78, 5) is 0. The smallest absolute Gasteiger partial charge is 0.354 e. The van der Waals surface area contributed by atoms with E-state index in [0.717, 1.165) is 7.11 Å². The van der Waals surface area contributed by atoms with Gasteiger partial charge in [-0.15, -0.1) is 0 Å². The minimum absolute atomic E-state index is 1.04. The van der Waals surface area contributed by atoms with Gasteiger partial charge in [-0.25, -0.2) is 12.5 Å². The van der Waals surface area contributed by atoms with Crippen LogP contribution in [0.15, 0.2) is 0 Å². The number of hydrogen-bond acceptors (Lipinski definition) is 12. The average molecular weight is 433 g/mol. The Kier molecular flexibility index (Phi) is 7.23. The van der Waals surface area contributed by atoms with Crippen LogP contribution in [0, 0.1) is 0 Å². The van der Waals surface area contributed by atoms with Crippen LogP contribution in [0.1, 0.15) is 0 Å². The molecule has 15 nitrogen and oxygen atoms in total. The van der Waals surface area contributed by atoms with Gasteiger partial charge in [0.25, 0.3) is 0 Å². The van der Waals surface area contributed by atoms with E-state index >= 15 is 0 Å². The number of ether oxygens (including phenoxy) is 2. The standard InChI is InChI=1S/C7H15NO14S3/c1-18-7-4(8)6(22-25(15,16)17)5(21-24(12,13)14)3(20-7)2-19-23(9,10)11/h3-7H,2,8H2,1H3,(H,9,10,11)(H,12,13,14)(H,15,16,17)/t3-,4-,5-,6-,7-/m1/s1. The van der Waals surface area contributed by atoms with Crippen LogP contribution < -0.4 is 5.73 Å². The Morgan fingerprint density at radius 1 is 0.920 bits per heavy atom. The summed E-state index contributed by atoms with van der Waals surface area (Å²) >= 11 is 0. The summed E-state index contributed by atoms with van der Waals surface area (Å²) < 4.78 is 113. The topological polar surface area (TPSA) is 235 Å². The van der Waals surface area contributed by atoms with Crippen molar-refractivity contribution < 1.29 is 60.9 Å². The maximum Gasteiger partial charge on any atom is 0.397 e. The van der Waals surface area contributed by atoms with Crippen molar-refractivity contribution in [3.63, 3.8) is 0 Å². The van der Waals surface area contributed by atoms with Crippen molar-refractivity contribution in [3.8, 4) is 0 Å². The first-order chi connectivity index (χ1) is 11.1.